The fourth-order valence-electron chi connectivity index (χ4n) is 3.54. The summed E-state index contributed by atoms with van der Waals surface area (Å²) in [4.78, 5) is 39.9. The average Bonchev–Trinajstić information content (AvgIpc) is 2.69. The number of rotatable bonds is 2. The molecular weight excluding hydrogens is 356 g/mol. The molecule has 2 aromatic carbocycles. The lowest BCUT2D eigenvalue weighted by atomic mass is 10.0. The number of nitrogens with zero attached hydrogens (tertiary/aromatic N) is 3. The number of benzene rings is 2. The van der Waals surface area contributed by atoms with Crippen LogP contribution in [0.5, 0.6) is 0 Å². The lowest BCUT2D eigenvalue weighted by Gasteiger charge is -2.38. The Hall–Kier alpha value is -3.61. The molecule has 1 aromatic heterocycles. The van der Waals surface area contributed by atoms with Crippen LogP contribution in [0, 0.1) is 6.92 Å². The standard InChI is InChI=1S/C21H20N4O3/c1-13-7-6-8-14(11-13)25-18(16-12-23(2)21(28)24(3)19(16)26)22-17-10-5-4-9-15(17)20(25)27/h4-12,18,22H,1-3H3/t18-/m0/s1. The predicted octanol–water partition coefficient (Wildman–Crippen LogP) is 2.16. The maximum absolute atomic E-state index is 13.4. The van der Waals surface area contributed by atoms with E-state index >= 15 is 0 Å². The smallest absolute Gasteiger partial charge is 0.330 e. The van der Waals surface area contributed by atoms with Crippen molar-refractivity contribution in [3.63, 3.8) is 0 Å². The van der Waals surface area contributed by atoms with Crippen LogP contribution in [0.15, 0.2) is 64.3 Å². The summed E-state index contributed by atoms with van der Waals surface area (Å²) < 4.78 is 2.40. The molecule has 0 saturated carbocycles. The van der Waals surface area contributed by atoms with Crippen LogP contribution < -0.4 is 21.5 Å². The summed E-state index contributed by atoms with van der Waals surface area (Å²) in [5.74, 6) is -0.208. The van der Waals surface area contributed by atoms with Crippen molar-refractivity contribution in [1.29, 1.82) is 0 Å². The molecule has 0 spiro atoms. The van der Waals surface area contributed by atoms with Crippen molar-refractivity contribution in [2.24, 2.45) is 14.1 Å². The summed E-state index contributed by atoms with van der Waals surface area (Å²) in [5, 5.41) is 3.30. The third-order valence-corrected chi connectivity index (χ3v) is 4.97. The van der Waals surface area contributed by atoms with Gasteiger partial charge in [-0.1, -0.05) is 24.3 Å². The zero-order valence-electron chi connectivity index (χ0n) is 15.8. The number of para-hydroxylation sites is 1. The number of carbonyl (C=O) groups is 1. The minimum absolute atomic E-state index is 0.208. The van der Waals surface area contributed by atoms with Crippen LogP contribution in [0.3, 0.4) is 0 Å². The fourth-order valence-corrected chi connectivity index (χ4v) is 3.54. The maximum Gasteiger partial charge on any atom is 0.330 e. The van der Waals surface area contributed by atoms with E-state index in [1.165, 1.54) is 17.8 Å². The normalized spacial score (nSPS) is 15.9. The van der Waals surface area contributed by atoms with Crippen molar-refractivity contribution in [3.05, 3.63) is 92.3 Å². The number of carbonyl (C=O) groups excluding carboxylic acids is 1. The van der Waals surface area contributed by atoms with Crippen LogP contribution in [0.2, 0.25) is 0 Å². The largest absolute Gasteiger partial charge is 0.360 e. The van der Waals surface area contributed by atoms with Crippen LogP contribution in [-0.4, -0.2) is 15.0 Å². The second kappa shape index (κ2) is 6.53. The number of aryl methyl sites for hydroxylation is 2. The third-order valence-electron chi connectivity index (χ3n) is 4.97. The first-order valence-corrected chi connectivity index (χ1v) is 8.91. The van der Waals surface area contributed by atoms with Gasteiger partial charge in [0.05, 0.1) is 11.1 Å². The van der Waals surface area contributed by atoms with E-state index in [1.54, 1.807) is 30.1 Å². The van der Waals surface area contributed by atoms with Crippen LogP contribution in [0.25, 0.3) is 0 Å². The highest BCUT2D eigenvalue weighted by Gasteiger charge is 2.36. The molecule has 1 atom stereocenters. The van der Waals surface area contributed by atoms with Crippen LogP contribution >= 0.6 is 0 Å². The van der Waals surface area contributed by atoms with Crippen molar-refractivity contribution >= 4 is 17.3 Å². The number of anilines is 2. The van der Waals surface area contributed by atoms with Gasteiger partial charge in [0.2, 0.25) is 0 Å². The highest BCUT2D eigenvalue weighted by molar-refractivity contribution is 6.12. The van der Waals surface area contributed by atoms with Gasteiger partial charge < -0.3 is 9.88 Å². The summed E-state index contributed by atoms with van der Waals surface area (Å²) in [5.41, 5.74) is 2.31. The Balaban J connectivity index is 1.97. The van der Waals surface area contributed by atoms with E-state index in [4.69, 9.17) is 0 Å². The molecule has 0 bridgehead atoms. The van der Waals surface area contributed by atoms with Crippen molar-refractivity contribution in [1.82, 2.24) is 9.13 Å². The predicted molar refractivity (Wildman–Crippen MR) is 108 cm³/mol. The Morgan fingerprint density at radius 2 is 1.71 bits per heavy atom. The van der Waals surface area contributed by atoms with Crippen molar-refractivity contribution in [3.8, 4) is 0 Å². The maximum atomic E-state index is 13.4. The SMILES string of the molecule is Cc1cccc(N2C(=O)c3ccccc3N[C@@H]2c2cn(C)c(=O)n(C)c2=O)c1. The van der Waals surface area contributed by atoms with E-state index < -0.39 is 17.4 Å². The molecule has 0 radical (unpaired) electrons. The molecule has 28 heavy (non-hydrogen) atoms. The van der Waals surface area contributed by atoms with Crippen LogP contribution in [-0.2, 0) is 14.1 Å². The zero-order chi connectivity index (χ0) is 20.0. The molecule has 1 aliphatic rings. The Kier molecular flexibility index (Phi) is 4.15. The Labute approximate surface area is 161 Å². The molecular formula is C21H20N4O3. The molecule has 4 rings (SSSR count). The van der Waals surface area contributed by atoms with E-state index in [9.17, 15) is 14.4 Å². The summed E-state index contributed by atoms with van der Waals surface area (Å²) >= 11 is 0. The summed E-state index contributed by atoms with van der Waals surface area (Å²) in [6, 6.07) is 14.7. The Bertz CT molecular complexity index is 1210. The molecule has 7 heteroatoms. The lowest BCUT2D eigenvalue weighted by Crippen LogP contribution is -2.48. The summed E-state index contributed by atoms with van der Waals surface area (Å²) in [6.45, 7) is 1.94. The van der Waals surface area contributed by atoms with Gasteiger partial charge in [0.1, 0.15) is 6.17 Å². The second-order valence-corrected chi connectivity index (χ2v) is 6.95. The molecule has 7 nitrogen and oxygen atoms in total. The first kappa shape index (κ1) is 17.8. The molecule has 1 amide bonds. The van der Waals surface area contributed by atoms with Crippen LogP contribution in [0.1, 0.15) is 27.7 Å². The van der Waals surface area contributed by atoms with Crippen LogP contribution in [0.4, 0.5) is 11.4 Å². The van der Waals surface area contributed by atoms with E-state index in [2.05, 4.69) is 5.32 Å². The minimum Gasteiger partial charge on any atom is -0.360 e. The zero-order valence-corrected chi connectivity index (χ0v) is 15.8. The fraction of sp³-hybridized carbons (Fsp3) is 0.190. The topological polar surface area (TPSA) is 76.3 Å². The molecule has 2 heterocycles. The molecule has 3 aromatic rings. The molecule has 0 fully saturated rings. The third kappa shape index (κ3) is 2.72. The van der Waals surface area contributed by atoms with Gasteiger partial charge in [-0.25, -0.2) is 4.79 Å². The monoisotopic (exact) mass is 376 g/mol. The number of amides is 1. The van der Waals surface area contributed by atoms with E-state index in [-0.39, 0.29) is 5.91 Å². The molecule has 0 unspecified atom stereocenters. The van der Waals surface area contributed by atoms with E-state index in [0.717, 1.165) is 10.1 Å². The van der Waals surface area contributed by atoms with E-state index in [0.29, 0.717) is 22.5 Å². The number of nitrogens with one attached hydrogen (secondary N) is 1. The molecule has 142 valence electrons. The molecule has 1 aliphatic heterocycles. The van der Waals surface area contributed by atoms with Crippen molar-refractivity contribution in [2.75, 3.05) is 10.2 Å². The van der Waals surface area contributed by atoms with Crippen molar-refractivity contribution < 1.29 is 4.79 Å². The number of hydrogen-bond donors (Lipinski definition) is 1. The average molecular weight is 376 g/mol. The Morgan fingerprint density at radius 1 is 0.964 bits per heavy atom. The van der Waals surface area contributed by atoms with Gasteiger partial charge in [-0.15, -0.1) is 0 Å². The van der Waals surface area contributed by atoms with Gasteiger partial charge in [0, 0.05) is 31.7 Å². The summed E-state index contributed by atoms with van der Waals surface area (Å²) in [7, 11) is 3.02. The molecule has 0 saturated heterocycles. The quantitative estimate of drug-likeness (QED) is 0.744. The lowest BCUT2D eigenvalue weighted by molar-refractivity contribution is 0.0974. The first-order chi connectivity index (χ1) is 13.4. The van der Waals surface area contributed by atoms with Gasteiger partial charge in [0.15, 0.2) is 0 Å². The molecule has 1 N–H and O–H groups in total. The van der Waals surface area contributed by atoms with Gasteiger partial charge >= 0.3 is 5.69 Å². The van der Waals surface area contributed by atoms with Gasteiger partial charge in [-0.3, -0.25) is 19.1 Å². The highest BCUT2D eigenvalue weighted by atomic mass is 16.2. The second-order valence-electron chi connectivity index (χ2n) is 6.95. The Morgan fingerprint density at radius 3 is 2.46 bits per heavy atom. The first-order valence-electron chi connectivity index (χ1n) is 8.91. The number of aromatic nitrogens is 2. The number of fused-ring (bicyclic) bond motifs is 1. The van der Waals surface area contributed by atoms with Crippen molar-refractivity contribution in [2.45, 2.75) is 13.1 Å². The van der Waals surface area contributed by atoms with E-state index in [1.807, 2.05) is 37.3 Å². The van der Waals surface area contributed by atoms with Gasteiger partial charge in [0.25, 0.3) is 11.5 Å². The number of hydrogen-bond acceptors (Lipinski definition) is 4. The molecule has 0 aliphatic carbocycles. The van der Waals surface area contributed by atoms with Gasteiger partial charge in [-0.2, -0.15) is 0 Å². The highest BCUT2D eigenvalue weighted by Crippen LogP contribution is 2.35. The van der Waals surface area contributed by atoms with Gasteiger partial charge in [-0.05, 0) is 36.8 Å². The minimum atomic E-state index is -0.741. The summed E-state index contributed by atoms with van der Waals surface area (Å²) in [6.07, 6.45) is 0.751.